The third-order valence-electron chi connectivity index (χ3n) is 4.92. The van der Waals surface area contributed by atoms with Crippen molar-refractivity contribution in [2.75, 3.05) is 42.9 Å². The third-order valence-corrected chi connectivity index (χ3v) is 4.92. The van der Waals surface area contributed by atoms with Crippen molar-refractivity contribution in [3.05, 3.63) is 46.9 Å². The summed E-state index contributed by atoms with van der Waals surface area (Å²) in [5.41, 5.74) is 3.35. The lowest BCUT2D eigenvalue weighted by Crippen LogP contribution is -2.46. The molecule has 1 amide bonds. The lowest BCUT2D eigenvalue weighted by Gasteiger charge is -2.34. The number of hydrogen-bond acceptors (Lipinski definition) is 5. The summed E-state index contributed by atoms with van der Waals surface area (Å²) in [4.78, 5) is 26.3. The van der Waals surface area contributed by atoms with Crippen molar-refractivity contribution in [3.63, 3.8) is 0 Å². The monoisotopic (exact) mass is 353 g/mol. The van der Waals surface area contributed by atoms with E-state index >= 15 is 0 Å². The fourth-order valence-electron chi connectivity index (χ4n) is 3.31. The van der Waals surface area contributed by atoms with Gasteiger partial charge in [-0.1, -0.05) is 25.1 Å². The molecular weight excluding hydrogens is 326 g/mol. The lowest BCUT2D eigenvalue weighted by atomic mass is 10.1. The zero-order valence-electron chi connectivity index (χ0n) is 16.0. The number of piperazine rings is 1. The summed E-state index contributed by atoms with van der Waals surface area (Å²) < 4.78 is 0. The summed E-state index contributed by atoms with van der Waals surface area (Å²) in [6.45, 7) is 12.9. The maximum Gasteiger partial charge on any atom is 0.274 e. The van der Waals surface area contributed by atoms with Gasteiger partial charge in [0.05, 0.1) is 0 Å². The average Bonchev–Trinajstić information content (AvgIpc) is 2.64. The molecule has 1 aliphatic rings. The topological polar surface area (TPSA) is 61.4 Å². The van der Waals surface area contributed by atoms with Gasteiger partial charge in [-0.25, -0.2) is 9.97 Å². The minimum atomic E-state index is -0.193. The lowest BCUT2D eigenvalue weighted by molar-refractivity contribution is 0.102. The van der Waals surface area contributed by atoms with Crippen LogP contribution in [0.2, 0.25) is 0 Å². The second kappa shape index (κ2) is 7.83. The van der Waals surface area contributed by atoms with Gasteiger partial charge in [0.15, 0.2) is 0 Å². The van der Waals surface area contributed by atoms with E-state index in [4.69, 9.17) is 0 Å². The van der Waals surface area contributed by atoms with Crippen LogP contribution in [0.1, 0.15) is 34.4 Å². The van der Waals surface area contributed by atoms with Crippen LogP contribution in [0.5, 0.6) is 0 Å². The number of likely N-dealkylation sites (N-methyl/N-ethyl adjacent to an activating group) is 1. The van der Waals surface area contributed by atoms with E-state index in [2.05, 4.69) is 32.0 Å². The Bertz CT molecular complexity index is 777. The number of carbonyl (C=O) groups is 1. The molecule has 1 fully saturated rings. The van der Waals surface area contributed by atoms with Gasteiger partial charge < -0.3 is 15.1 Å². The van der Waals surface area contributed by atoms with E-state index in [9.17, 15) is 4.79 Å². The molecule has 0 aliphatic carbocycles. The molecule has 1 N–H and O–H groups in total. The molecule has 26 heavy (non-hydrogen) atoms. The fourth-order valence-corrected chi connectivity index (χ4v) is 3.31. The molecule has 1 saturated heterocycles. The van der Waals surface area contributed by atoms with Crippen molar-refractivity contribution in [2.45, 2.75) is 27.7 Å². The minimum absolute atomic E-state index is 0.193. The second-order valence-electron chi connectivity index (χ2n) is 6.80. The molecule has 138 valence electrons. The van der Waals surface area contributed by atoms with Crippen LogP contribution in [-0.2, 0) is 0 Å². The van der Waals surface area contributed by atoms with E-state index in [1.165, 1.54) is 0 Å². The molecule has 1 aromatic heterocycles. The van der Waals surface area contributed by atoms with Gasteiger partial charge in [0.2, 0.25) is 0 Å². The summed E-state index contributed by atoms with van der Waals surface area (Å²) in [6.07, 6.45) is 0. The summed E-state index contributed by atoms with van der Waals surface area (Å²) in [6, 6.07) is 7.78. The molecule has 0 radical (unpaired) electrons. The van der Waals surface area contributed by atoms with Crippen molar-refractivity contribution in [1.82, 2.24) is 14.9 Å². The highest BCUT2D eigenvalue weighted by molar-refractivity contribution is 6.04. The van der Waals surface area contributed by atoms with Crippen LogP contribution in [0.3, 0.4) is 0 Å². The minimum Gasteiger partial charge on any atom is -0.354 e. The summed E-state index contributed by atoms with van der Waals surface area (Å²) in [5, 5.41) is 3.01. The normalized spacial score (nSPS) is 15.2. The van der Waals surface area contributed by atoms with Crippen LogP contribution in [0.15, 0.2) is 24.3 Å². The fraction of sp³-hybridized carbons (Fsp3) is 0.450. The van der Waals surface area contributed by atoms with Gasteiger partial charge in [0.1, 0.15) is 17.3 Å². The molecule has 1 aliphatic heterocycles. The Morgan fingerprint density at radius 1 is 1.08 bits per heavy atom. The highest BCUT2D eigenvalue weighted by Crippen LogP contribution is 2.21. The van der Waals surface area contributed by atoms with Crippen molar-refractivity contribution < 1.29 is 4.79 Å². The van der Waals surface area contributed by atoms with E-state index in [0.717, 1.165) is 55.4 Å². The van der Waals surface area contributed by atoms with Crippen LogP contribution in [0.4, 0.5) is 11.5 Å². The van der Waals surface area contributed by atoms with E-state index < -0.39 is 0 Å². The number of amides is 1. The Labute approximate surface area is 155 Å². The summed E-state index contributed by atoms with van der Waals surface area (Å²) >= 11 is 0. The molecule has 0 atom stereocenters. The van der Waals surface area contributed by atoms with Crippen molar-refractivity contribution in [2.24, 2.45) is 0 Å². The van der Waals surface area contributed by atoms with Gasteiger partial charge >= 0.3 is 0 Å². The zero-order chi connectivity index (χ0) is 18.7. The predicted molar refractivity (Wildman–Crippen MR) is 105 cm³/mol. The summed E-state index contributed by atoms with van der Waals surface area (Å²) in [5.74, 6) is 1.26. The number of aromatic nitrogens is 2. The van der Waals surface area contributed by atoms with Crippen LogP contribution < -0.4 is 10.2 Å². The van der Waals surface area contributed by atoms with Crippen molar-refractivity contribution in [3.8, 4) is 0 Å². The van der Waals surface area contributed by atoms with Gasteiger partial charge in [-0.3, -0.25) is 4.79 Å². The number of benzene rings is 1. The number of nitrogens with one attached hydrogen (secondary N) is 1. The highest BCUT2D eigenvalue weighted by Gasteiger charge is 2.20. The molecule has 0 bridgehead atoms. The van der Waals surface area contributed by atoms with E-state index in [1.807, 2.05) is 39.0 Å². The molecule has 0 spiro atoms. The molecule has 0 saturated carbocycles. The largest absolute Gasteiger partial charge is 0.354 e. The van der Waals surface area contributed by atoms with Gasteiger partial charge in [0.25, 0.3) is 5.91 Å². The van der Waals surface area contributed by atoms with Gasteiger partial charge in [-0.15, -0.1) is 0 Å². The maximum atomic E-state index is 12.8. The Hall–Kier alpha value is -2.47. The van der Waals surface area contributed by atoms with Crippen LogP contribution in [-0.4, -0.2) is 53.5 Å². The molecule has 3 rings (SSSR count). The molecule has 6 nitrogen and oxygen atoms in total. The highest BCUT2D eigenvalue weighted by atomic mass is 16.1. The predicted octanol–water partition coefficient (Wildman–Crippen LogP) is 2.80. The van der Waals surface area contributed by atoms with Crippen molar-refractivity contribution in [1.29, 1.82) is 0 Å². The standard InChI is InChI=1S/C20H27N5O/c1-5-24-9-11-25(12-10-24)18-13-17(21-16(4)22-18)20(26)23-19-14(2)7-6-8-15(19)3/h6-8,13H,5,9-12H2,1-4H3,(H,23,26). The Kier molecular flexibility index (Phi) is 5.52. The number of carbonyl (C=O) groups excluding carboxylic acids is 1. The molecule has 6 heteroatoms. The summed E-state index contributed by atoms with van der Waals surface area (Å²) in [7, 11) is 0. The molecular formula is C20H27N5O. The molecule has 2 aromatic rings. The van der Waals surface area contributed by atoms with Gasteiger partial charge in [0, 0.05) is 37.9 Å². The van der Waals surface area contributed by atoms with Crippen LogP contribution in [0.25, 0.3) is 0 Å². The number of hydrogen-bond donors (Lipinski definition) is 1. The molecule has 2 heterocycles. The number of nitrogens with zero attached hydrogens (tertiary/aromatic N) is 4. The Balaban J connectivity index is 1.80. The first-order valence-electron chi connectivity index (χ1n) is 9.18. The van der Waals surface area contributed by atoms with E-state index in [-0.39, 0.29) is 5.91 Å². The Morgan fingerprint density at radius 2 is 1.73 bits per heavy atom. The average molecular weight is 353 g/mol. The smallest absolute Gasteiger partial charge is 0.274 e. The second-order valence-corrected chi connectivity index (χ2v) is 6.80. The first-order chi connectivity index (χ1) is 12.5. The SMILES string of the molecule is CCN1CCN(c2cc(C(=O)Nc3c(C)cccc3C)nc(C)n2)CC1. The number of anilines is 2. The molecule has 1 aromatic carbocycles. The Morgan fingerprint density at radius 3 is 2.35 bits per heavy atom. The first-order valence-corrected chi connectivity index (χ1v) is 9.18. The third kappa shape index (κ3) is 4.02. The number of aryl methyl sites for hydroxylation is 3. The van der Waals surface area contributed by atoms with Gasteiger partial charge in [-0.05, 0) is 38.4 Å². The van der Waals surface area contributed by atoms with Crippen molar-refractivity contribution >= 4 is 17.4 Å². The van der Waals surface area contributed by atoms with Crippen LogP contribution >= 0.6 is 0 Å². The van der Waals surface area contributed by atoms with E-state index in [0.29, 0.717) is 11.5 Å². The van der Waals surface area contributed by atoms with E-state index in [1.54, 1.807) is 6.07 Å². The van der Waals surface area contributed by atoms with Gasteiger partial charge in [-0.2, -0.15) is 0 Å². The number of para-hydroxylation sites is 1. The quantitative estimate of drug-likeness (QED) is 0.916. The maximum absolute atomic E-state index is 12.8. The molecule has 0 unspecified atom stereocenters. The first kappa shape index (κ1) is 18.3. The number of rotatable bonds is 4. The van der Waals surface area contributed by atoms with Crippen LogP contribution in [0, 0.1) is 20.8 Å². The zero-order valence-corrected chi connectivity index (χ0v) is 16.0.